The van der Waals surface area contributed by atoms with E-state index in [1.807, 2.05) is 20.3 Å². The van der Waals surface area contributed by atoms with Gasteiger partial charge in [-0.15, -0.1) is 24.8 Å². The fraction of sp³-hybridized carbons (Fsp3) is 0.667. The monoisotopic (exact) mass is 308 g/mol. The highest BCUT2D eigenvalue weighted by molar-refractivity contribution is 5.94. The van der Waals surface area contributed by atoms with Crippen molar-refractivity contribution < 1.29 is 4.79 Å². The van der Waals surface area contributed by atoms with Gasteiger partial charge in [0.1, 0.15) is 0 Å². The van der Waals surface area contributed by atoms with Crippen molar-refractivity contribution in [1.29, 1.82) is 0 Å². The highest BCUT2D eigenvalue weighted by Gasteiger charge is 2.34. The van der Waals surface area contributed by atoms with Crippen molar-refractivity contribution in [2.75, 3.05) is 18.5 Å². The summed E-state index contributed by atoms with van der Waals surface area (Å²) in [6, 6.07) is 0. The number of halogens is 2. The van der Waals surface area contributed by atoms with E-state index in [1.54, 1.807) is 15.8 Å². The van der Waals surface area contributed by atoms with Gasteiger partial charge in [-0.05, 0) is 25.3 Å². The second-order valence-electron chi connectivity index (χ2n) is 4.80. The van der Waals surface area contributed by atoms with E-state index in [0.717, 1.165) is 24.9 Å². The van der Waals surface area contributed by atoms with E-state index in [0.29, 0.717) is 12.5 Å². The van der Waals surface area contributed by atoms with Crippen LogP contribution in [0.1, 0.15) is 19.3 Å². The number of carbonyl (C=O) groups excluding carboxylic acids is 1. The topological polar surface area (TPSA) is 64.2 Å². The van der Waals surface area contributed by atoms with E-state index in [9.17, 15) is 4.79 Å². The number of carbonyl (C=O) groups is 1. The van der Waals surface area contributed by atoms with Crippen molar-refractivity contribution in [3.8, 4) is 0 Å². The zero-order valence-electron chi connectivity index (χ0n) is 11.3. The Kier molecular flexibility index (Phi) is 7.41. The zero-order chi connectivity index (χ0) is 12.4. The third-order valence-corrected chi connectivity index (χ3v) is 3.69. The predicted octanol–water partition coefficient (Wildman–Crippen LogP) is 1.60. The third kappa shape index (κ3) is 3.84. The number of hydrogen-bond donors (Lipinski definition) is 1. The summed E-state index contributed by atoms with van der Waals surface area (Å²) in [5.41, 5.74) is 6.57. The lowest BCUT2D eigenvalue weighted by molar-refractivity contribution is -0.123. The van der Waals surface area contributed by atoms with E-state index in [4.69, 9.17) is 5.73 Å². The van der Waals surface area contributed by atoms with Crippen molar-refractivity contribution >= 4 is 36.4 Å². The lowest BCUT2D eigenvalue weighted by Gasteiger charge is -2.23. The van der Waals surface area contributed by atoms with Crippen molar-refractivity contribution in [3.63, 3.8) is 0 Å². The van der Waals surface area contributed by atoms with Gasteiger partial charge in [0.25, 0.3) is 0 Å². The SMILES string of the molecule is CN(C(=O)[C@@H]1CCC[C@@H]1CN)c1cnn(C)c1.Cl.Cl. The molecule has 1 fully saturated rings. The van der Waals surface area contributed by atoms with Gasteiger partial charge in [0.15, 0.2) is 0 Å². The molecule has 0 unspecified atom stereocenters. The van der Waals surface area contributed by atoms with Crippen LogP contribution in [0, 0.1) is 11.8 Å². The number of nitrogens with zero attached hydrogens (tertiary/aromatic N) is 3. The number of amides is 1. The van der Waals surface area contributed by atoms with Crippen LogP contribution >= 0.6 is 24.8 Å². The zero-order valence-corrected chi connectivity index (χ0v) is 12.9. The number of nitrogens with two attached hydrogens (primary N) is 1. The van der Waals surface area contributed by atoms with Gasteiger partial charge < -0.3 is 10.6 Å². The van der Waals surface area contributed by atoms with E-state index in [1.165, 1.54) is 0 Å². The predicted molar refractivity (Wildman–Crippen MR) is 81.0 cm³/mol. The molecule has 1 aliphatic carbocycles. The molecule has 1 saturated carbocycles. The molecule has 110 valence electrons. The van der Waals surface area contributed by atoms with Gasteiger partial charge in [0, 0.05) is 26.2 Å². The van der Waals surface area contributed by atoms with Gasteiger partial charge in [0.05, 0.1) is 11.9 Å². The molecule has 1 aromatic heterocycles. The summed E-state index contributed by atoms with van der Waals surface area (Å²) in [5.74, 6) is 0.609. The lowest BCUT2D eigenvalue weighted by atomic mass is 9.95. The summed E-state index contributed by atoms with van der Waals surface area (Å²) in [6.45, 7) is 0.608. The van der Waals surface area contributed by atoms with E-state index in [-0.39, 0.29) is 36.6 Å². The van der Waals surface area contributed by atoms with Gasteiger partial charge in [-0.3, -0.25) is 9.48 Å². The average molecular weight is 309 g/mol. The van der Waals surface area contributed by atoms with Crippen LogP contribution < -0.4 is 10.6 Å². The van der Waals surface area contributed by atoms with Gasteiger partial charge >= 0.3 is 0 Å². The van der Waals surface area contributed by atoms with Gasteiger partial charge in [-0.1, -0.05) is 6.42 Å². The van der Waals surface area contributed by atoms with Crippen LogP contribution in [-0.4, -0.2) is 29.3 Å². The second-order valence-corrected chi connectivity index (χ2v) is 4.80. The minimum atomic E-state index is 0. The van der Waals surface area contributed by atoms with Crippen LogP contribution in [0.25, 0.3) is 0 Å². The molecule has 1 heterocycles. The van der Waals surface area contributed by atoms with E-state index in [2.05, 4.69) is 5.10 Å². The quantitative estimate of drug-likeness (QED) is 0.922. The smallest absolute Gasteiger partial charge is 0.230 e. The van der Waals surface area contributed by atoms with Crippen LogP contribution in [-0.2, 0) is 11.8 Å². The molecule has 0 radical (unpaired) electrons. The summed E-state index contributed by atoms with van der Waals surface area (Å²) < 4.78 is 1.70. The standard InChI is InChI=1S/C12H20N4O.2ClH/c1-15-8-10(7-14-15)16(2)12(17)11-5-3-4-9(11)6-13;;/h7-9,11H,3-6,13H2,1-2H3;2*1H/t9-,11-;;/m1../s1. The van der Waals surface area contributed by atoms with Crippen LogP contribution in [0.3, 0.4) is 0 Å². The Balaban J connectivity index is 0.00000162. The minimum Gasteiger partial charge on any atom is -0.330 e. The molecule has 2 rings (SSSR count). The van der Waals surface area contributed by atoms with Crippen molar-refractivity contribution in [1.82, 2.24) is 9.78 Å². The number of aryl methyl sites for hydroxylation is 1. The van der Waals surface area contributed by atoms with E-state index >= 15 is 0 Å². The molecule has 5 nitrogen and oxygen atoms in total. The number of rotatable bonds is 3. The fourth-order valence-electron chi connectivity index (χ4n) is 2.60. The Labute approximate surface area is 126 Å². The number of aromatic nitrogens is 2. The molecule has 0 bridgehead atoms. The summed E-state index contributed by atoms with van der Waals surface area (Å²) in [6.07, 6.45) is 6.72. The maximum atomic E-state index is 12.4. The Morgan fingerprint density at radius 1 is 1.53 bits per heavy atom. The molecule has 0 saturated heterocycles. The average Bonchev–Trinajstić information content (AvgIpc) is 2.95. The molecular weight excluding hydrogens is 287 g/mol. The minimum absolute atomic E-state index is 0. The Hall–Kier alpha value is -0.780. The van der Waals surface area contributed by atoms with Crippen molar-refractivity contribution in [3.05, 3.63) is 12.4 Å². The van der Waals surface area contributed by atoms with Gasteiger partial charge in [0.2, 0.25) is 5.91 Å². The lowest BCUT2D eigenvalue weighted by Crippen LogP contribution is -2.36. The molecule has 0 spiro atoms. The normalized spacial score (nSPS) is 21.4. The molecule has 1 aromatic rings. The molecule has 1 aliphatic rings. The first kappa shape index (κ1) is 18.2. The molecule has 19 heavy (non-hydrogen) atoms. The maximum Gasteiger partial charge on any atom is 0.230 e. The van der Waals surface area contributed by atoms with Crippen molar-refractivity contribution in [2.24, 2.45) is 24.6 Å². The molecule has 7 heteroatoms. The highest BCUT2D eigenvalue weighted by Crippen LogP contribution is 2.33. The molecule has 2 atom stereocenters. The number of hydrogen-bond acceptors (Lipinski definition) is 3. The first-order valence-electron chi connectivity index (χ1n) is 6.09. The molecule has 0 aliphatic heterocycles. The highest BCUT2D eigenvalue weighted by atomic mass is 35.5. The van der Waals surface area contributed by atoms with Gasteiger partial charge in [-0.25, -0.2) is 0 Å². The van der Waals surface area contributed by atoms with Gasteiger partial charge in [-0.2, -0.15) is 5.10 Å². The summed E-state index contributed by atoms with van der Waals surface area (Å²) in [7, 11) is 3.66. The first-order valence-corrected chi connectivity index (χ1v) is 6.09. The van der Waals surface area contributed by atoms with E-state index < -0.39 is 0 Å². The maximum absolute atomic E-state index is 12.4. The Bertz CT molecular complexity index is 410. The molecule has 0 aromatic carbocycles. The van der Waals surface area contributed by atoms with Crippen LogP contribution in [0.4, 0.5) is 5.69 Å². The third-order valence-electron chi connectivity index (χ3n) is 3.69. The number of anilines is 1. The first-order chi connectivity index (χ1) is 8.13. The second kappa shape index (κ2) is 7.72. The Morgan fingerprint density at radius 2 is 2.21 bits per heavy atom. The summed E-state index contributed by atoms with van der Waals surface area (Å²) in [5, 5.41) is 4.08. The molecule has 2 N–H and O–H groups in total. The molecular formula is C12H22Cl2N4O. The summed E-state index contributed by atoms with van der Waals surface area (Å²) in [4.78, 5) is 14.1. The largest absolute Gasteiger partial charge is 0.330 e. The fourth-order valence-corrected chi connectivity index (χ4v) is 2.60. The van der Waals surface area contributed by atoms with Crippen LogP contribution in [0.2, 0.25) is 0 Å². The van der Waals surface area contributed by atoms with Crippen LogP contribution in [0.15, 0.2) is 12.4 Å². The van der Waals surface area contributed by atoms with Crippen molar-refractivity contribution in [2.45, 2.75) is 19.3 Å². The summed E-state index contributed by atoms with van der Waals surface area (Å²) >= 11 is 0. The Morgan fingerprint density at radius 3 is 2.74 bits per heavy atom. The molecule has 1 amide bonds. The van der Waals surface area contributed by atoms with Crippen LogP contribution in [0.5, 0.6) is 0 Å².